The van der Waals surface area contributed by atoms with Crippen LogP contribution < -0.4 is 0 Å². The molecular weight excluding hydrogens is 272 g/mol. The summed E-state index contributed by atoms with van der Waals surface area (Å²) in [6.07, 6.45) is 5.62. The lowest BCUT2D eigenvalue weighted by molar-refractivity contribution is 0.377. The zero-order valence-electron chi connectivity index (χ0n) is 10.8. The average molecular weight is 291 g/mol. The molecule has 6 heteroatoms. The van der Waals surface area contributed by atoms with Gasteiger partial charge in [-0.05, 0) is 32.1 Å². The van der Waals surface area contributed by atoms with Crippen LogP contribution >= 0.6 is 10.7 Å². The lowest BCUT2D eigenvalue weighted by Crippen LogP contribution is -2.19. The van der Waals surface area contributed by atoms with Gasteiger partial charge in [-0.25, -0.2) is 13.4 Å². The summed E-state index contributed by atoms with van der Waals surface area (Å²) in [6.45, 7) is 4.20. The highest BCUT2D eigenvalue weighted by Gasteiger charge is 2.30. The summed E-state index contributed by atoms with van der Waals surface area (Å²) in [5.41, 5.74) is 0.812. The molecule has 4 nitrogen and oxygen atoms in total. The molecule has 1 unspecified atom stereocenters. The van der Waals surface area contributed by atoms with Gasteiger partial charge in [0.05, 0.1) is 5.69 Å². The molecule has 2 heterocycles. The molecule has 1 aromatic heterocycles. The van der Waals surface area contributed by atoms with Crippen LogP contribution in [0.4, 0.5) is 0 Å². The summed E-state index contributed by atoms with van der Waals surface area (Å²) in [5.74, 6) is 0.873. The van der Waals surface area contributed by atoms with Gasteiger partial charge in [0.25, 0.3) is 9.05 Å². The van der Waals surface area contributed by atoms with Crippen LogP contribution in [0.5, 0.6) is 0 Å². The minimum Gasteiger partial charge on any atom is -0.328 e. The Labute approximate surface area is 113 Å². The van der Waals surface area contributed by atoms with Crippen LogP contribution in [0.2, 0.25) is 0 Å². The second-order valence-corrected chi connectivity index (χ2v) is 7.27. The third-order valence-corrected chi connectivity index (χ3v) is 4.77. The summed E-state index contributed by atoms with van der Waals surface area (Å²) in [6, 6.07) is 0.370. The Morgan fingerprint density at radius 3 is 2.72 bits per heavy atom. The number of aromatic nitrogens is 2. The maximum Gasteiger partial charge on any atom is 0.280 e. The molecule has 18 heavy (non-hydrogen) atoms. The number of halogens is 1. The Kier molecular flexibility index (Phi) is 4.02. The molecule has 0 spiro atoms. The number of imidazole rings is 1. The summed E-state index contributed by atoms with van der Waals surface area (Å²) in [4.78, 5) is 4.29. The van der Waals surface area contributed by atoms with E-state index >= 15 is 0 Å². The van der Waals surface area contributed by atoms with Gasteiger partial charge in [-0.1, -0.05) is 13.8 Å². The first-order valence-electron chi connectivity index (χ1n) is 6.53. The third-order valence-electron chi connectivity index (χ3n) is 3.54. The van der Waals surface area contributed by atoms with E-state index in [1.165, 1.54) is 0 Å². The average Bonchev–Trinajstić information content (AvgIpc) is 2.68. The molecule has 0 N–H and O–H groups in total. The fourth-order valence-corrected chi connectivity index (χ4v) is 3.84. The molecule has 0 amide bonds. The number of aryl methyl sites for hydroxylation is 1. The molecule has 0 aromatic carbocycles. The predicted molar refractivity (Wildman–Crippen MR) is 71.5 cm³/mol. The van der Waals surface area contributed by atoms with E-state index in [1.54, 1.807) is 0 Å². The standard InChI is InChI=1S/C12H19ClN2O2S/c1-3-6-11-14-12(18(13,16)17)10-8-5-7-9(4-2)15(10)11/h9H,3-8H2,1-2H3. The topological polar surface area (TPSA) is 52.0 Å². The second-order valence-electron chi connectivity index (χ2n) is 4.79. The summed E-state index contributed by atoms with van der Waals surface area (Å²) >= 11 is 0. The number of fused-ring (bicyclic) bond motifs is 1. The van der Waals surface area contributed by atoms with Crippen LogP contribution in [0.1, 0.15) is 57.1 Å². The molecule has 0 saturated carbocycles. The largest absolute Gasteiger partial charge is 0.328 e. The second kappa shape index (κ2) is 5.21. The van der Waals surface area contributed by atoms with E-state index in [0.29, 0.717) is 6.04 Å². The summed E-state index contributed by atoms with van der Waals surface area (Å²) in [7, 11) is 1.76. The zero-order valence-corrected chi connectivity index (χ0v) is 12.4. The van der Waals surface area contributed by atoms with Crippen molar-refractivity contribution >= 4 is 19.7 Å². The predicted octanol–water partition coefficient (Wildman–Crippen LogP) is 3.05. The van der Waals surface area contributed by atoms with Crippen LogP contribution in [0.15, 0.2) is 5.03 Å². The third kappa shape index (κ3) is 2.43. The molecule has 1 aliphatic heterocycles. The van der Waals surface area contributed by atoms with Crippen molar-refractivity contribution in [3.63, 3.8) is 0 Å². The van der Waals surface area contributed by atoms with Crippen LogP contribution in [0.25, 0.3) is 0 Å². The van der Waals surface area contributed by atoms with Crippen molar-refractivity contribution < 1.29 is 8.42 Å². The Bertz CT molecular complexity index is 537. The van der Waals surface area contributed by atoms with Gasteiger partial charge in [-0.2, -0.15) is 0 Å². The molecule has 0 aliphatic carbocycles. The van der Waals surface area contributed by atoms with Crippen molar-refractivity contribution in [2.75, 3.05) is 0 Å². The smallest absolute Gasteiger partial charge is 0.280 e. The molecule has 0 fully saturated rings. The van der Waals surface area contributed by atoms with Gasteiger partial charge in [-0.15, -0.1) is 0 Å². The molecule has 1 aromatic rings. The minimum atomic E-state index is -3.73. The Morgan fingerprint density at radius 1 is 1.44 bits per heavy atom. The first-order valence-corrected chi connectivity index (χ1v) is 8.84. The number of hydrogen-bond donors (Lipinski definition) is 0. The highest BCUT2D eigenvalue weighted by Crippen LogP contribution is 2.34. The fourth-order valence-electron chi connectivity index (χ4n) is 2.77. The van der Waals surface area contributed by atoms with Gasteiger partial charge in [0.2, 0.25) is 0 Å². The Morgan fingerprint density at radius 2 is 2.17 bits per heavy atom. The van der Waals surface area contributed by atoms with E-state index in [2.05, 4.69) is 23.4 Å². The monoisotopic (exact) mass is 290 g/mol. The zero-order chi connectivity index (χ0) is 13.3. The first-order chi connectivity index (χ1) is 8.49. The number of nitrogens with zero attached hydrogens (tertiary/aromatic N) is 2. The van der Waals surface area contributed by atoms with Crippen molar-refractivity contribution in [2.45, 2.75) is 63.4 Å². The molecule has 2 rings (SSSR count). The summed E-state index contributed by atoms with van der Waals surface area (Å²) < 4.78 is 25.3. The Balaban J connectivity index is 2.60. The SMILES string of the molecule is CCCc1nc(S(=O)(=O)Cl)c2n1C(CC)CCC2. The number of hydrogen-bond acceptors (Lipinski definition) is 3. The first kappa shape index (κ1) is 13.9. The lowest BCUT2D eigenvalue weighted by atomic mass is 10.0. The van der Waals surface area contributed by atoms with E-state index in [4.69, 9.17) is 10.7 Å². The van der Waals surface area contributed by atoms with Gasteiger partial charge >= 0.3 is 0 Å². The molecule has 102 valence electrons. The molecule has 1 atom stereocenters. The number of rotatable bonds is 4. The van der Waals surface area contributed by atoms with E-state index < -0.39 is 9.05 Å². The highest BCUT2D eigenvalue weighted by atomic mass is 35.7. The van der Waals surface area contributed by atoms with Crippen molar-refractivity contribution in [1.29, 1.82) is 0 Å². The molecule has 0 radical (unpaired) electrons. The highest BCUT2D eigenvalue weighted by molar-refractivity contribution is 8.13. The molecule has 0 bridgehead atoms. The van der Waals surface area contributed by atoms with E-state index in [-0.39, 0.29) is 5.03 Å². The van der Waals surface area contributed by atoms with Crippen molar-refractivity contribution in [3.05, 3.63) is 11.5 Å². The quantitative estimate of drug-likeness (QED) is 0.801. The fraction of sp³-hybridized carbons (Fsp3) is 0.750. The maximum atomic E-state index is 11.6. The normalized spacial score (nSPS) is 19.8. The minimum absolute atomic E-state index is 0.0887. The van der Waals surface area contributed by atoms with Gasteiger partial charge in [-0.3, -0.25) is 0 Å². The maximum absolute atomic E-state index is 11.6. The van der Waals surface area contributed by atoms with Crippen molar-refractivity contribution in [1.82, 2.24) is 9.55 Å². The molecule has 1 aliphatic rings. The molecule has 0 saturated heterocycles. The van der Waals surface area contributed by atoms with Gasteiger partial charge in [0, 0.05) is 23.1 Å². The Hall–Kier alpha value is -0.550. The van der Waals surface area contributed by atoms with Crippen molar-refractivity contribution in [2.24, 2.45) is 0 Å². The molecular formula is C12H19ClN2O2S. The lowest BCUT2D eigenvalue weighted by Gasteiger charge is -2.26. The van der Waals surface area contributed by atoms with Crippen LogP contribution in [-0.4, -0.2) is 18.0 Å². The van der Waals surface area contributed by atoms with Gasteiger partial charge in [0.1, 0.15) is 5.82 Å². The van der Waals surface area contributed by atoms with Gasteiger partial charge < -0.3 is 4.57 Å². The van der Waals surface area contributed by atoms with Gasteiger partial charge in [0.15, 0.2) is 5.03 Å². The van der Waals surface area contributed by atoms with Crippen LogP contribution in [0, 0.1) is 0 Å². The van der Waals surface area contributed by atoms with E-state index in [0.717, 1.165) is 50.0 Å². The van der Waals surface area contributed by atoms with Crippen LogP contribution in [0.3, 0.4) is 0 Å². The van der Waals surface area contributed by atoms with Crippen LogP contribution in [-0.2, 0) is 21.9 Å². The van der Waals surface area contributed by atoms with Crippen molar-refractivity contribution in [3.8, 4) is 0 Å². The van der Waals surface area contributed by atoms with E-state index in [9.17, 15) is 8.42 Å². The van der Waals surface area contributed by atoms with E-state index in [1.807, 2.05) is 0 Å². The summed E-state index contributed by atoms with van der Waals surface area (Å²) in [5, 5.41) is 0.0887.